The van der Waals surface area contributed by atoms with Gasteiger partial charge in [0.2, 0.25) is 0 Å². The van der Waals surface area contributed by atoms with E-state index in [2.05, 4.69) is 55.9 Å². The Labute approximate surface area is 353 Å². The van der Waals surface area contributed by atoms with Crippen molar-refractivity contribution < 1.29 is 27.6 Å². The van der Waals surface area contributed by atoms with E-state index < -0.39 is 31.4 Å². The maximum Gasteiger partial charge on any atom is 0.295 e. The standard InChI is InChI=1S/C43H47ClN8O7S/c1-43(2)13-11-31(37(26-43)29-3-5-32(44)6-4-29)28-49-15-17-50(18-16-49)33-7-9-36(40(24-33)59-34-23-30-12-14-45-41(30)46-27-34)42(53)48-60(56,57)35-8-10-38(39(25-35)52(54)55)47-51-19-21-58-22-20-51/h3-10,12,14,23-25,27,47H,11,13,15-22,26,28H2,1-2H3,(H,45,46)(H,48,53). The number of pyridine rings is 1. The van der Waals surface area contributed by atoms with Gasteiger partial charge in [-0.25, -0.2) is 23.1 Å². The lowest BCUT2D eigenvalue weighted by molar-refractivity contribution is -0.384. The van der Waals surface area contributed by atoms with Crippen molar-refractivity contribution in [3.63, 3.8) is 0 Å². The molecule has 17 heteroatoms. The summed E-state index contributed by atoms with van der Waals surface area (Å²) in [6.45, 7) is 10.5. The van der Waals surface area contributed by atoms with Gasteiger partial charge < -0.3 is 24.8 Å². The summed E-state index contributed by atoms with van der Waals surface area (Å²) in [5, 5.41) is 15.3. The van der Waals surface area contributed by atoms with Crippen LogP contribution in [0.25, 0.3) is 16.6 Å². The van der Waals surface area contributed by atoms with Crippen molar-refractivity contribution in [2.45, 2.75) is 38.0 Å². The lowest BCUT2D eigenvalue weighted by atomic mass is 9.72. The molecule has 1 amide bonds. The molecule has 2 aromatic heterocycles. The minimum absolute atomic E-state index is 0.0443. The van der Waals surface area contributed by atoms with Crippen molar-refractivity contribution in [3.05, 3.63) is 117 Å². The Morgan fingerprint density at radius 3 is 2.52 bits per heavy atom. The fourth-order valence-electron chi connectivity index (χ4n) is 7.99. The van der Waals surface area contributed by atoms with Crippen LogP contribution in [-0.2, 0) is 14.8 Å². The Hall–Kier alpha value is -5.52. The van der Waals surface area contributed by atoms with Crippen molar-refractivity contribution >= 4 is 61.2 Å². The van der Waals surface area contributed by atoms with Crippen molar-refractivity contribution in [3.8, 4) is 11.5 Å². The number of hydrogen-bond donors (Lipinski definition) is 3. The largest absolute Gasteiger partial charge is 0.455 e. The Kier molecular flexibility index (Phi) is 11.8. The molecule has 0 spiro atoms. The van der Waals surface area contributed by atoms with Crippen LogP contribution in [0.5, 0.6) is 11.5 Å². The molecule has 0 atom stereocenters. The first-order chi connectivity index (χ1) is 28.8. The van der Waals surface area contributed by atoms with Crippen LogP contribution in [0.15, 0.2) is 95.7 Å². The second-order valence-electron chi connectivity index (χ2n) is 16.1. The van der Waals surface area contributed by atoms with Gasteiger partial charge in [-0.2, -0.15) is 0 Å². The van der Waals surface area contributed by atoms with Crippen LogP contribution in [0.4, 0.5) is 17.1 Å². The molecule has 1 aliphatic carbocycles. The van der Waals surface area contributed by atoms with E-state index >= 15 is 0 Å². The SMILES string of the molecule is CC1(C)CCC(CN2CCN(c3ccc(C(=O)NS(=O)(=O)c4ccc(NN5CCOCC5)c([N+](=O)[O-])c4)c(Oc4cnc5[nH]ccc5c4)c3)CC2)=C(c2ccc(Cl)cc2)C1. The van der Waals surface area contributed by atoms with E-state index in [0.29, 0.717) is 37.7 Å². The third kappa shape index (κ3) is 9.42. The number of anilines is 2. The summed E-state index contributed by atoms with van der Waals surface area (Å²) < 4.78 is 41.0. The summed E-state index contributed by atoms with van der Waals surface area (Å²) in [4.78, 5) is 37.0. The molecule has 3 N–H and O–H groups in total. The van der Waals surface area contributed by atoms with Gasteiger partial charge in [0, 0.05) is 80.2 Å². The Balaban J connectivity index is 1.01. The van der Waals surface area contributed by atoms with Crippen LogP contribution in [0.3, 0.4) is 0 Å². The van der Waals surface area contributed by atoms with Gasteiger partial charge >= 0.3 is 0 Å². The normalized spacial score (nSPS) is 17.8. The Morgan fingerprint density at radius 1 is 1.00 bits per heavy atom. The highest BCUT2D eigenvalue weighted by molar-refractivity contribution is 7.90. The molecular weight excluding hydrogens is 808 g/mol. The maximum atomic E-state index is 13.9. The highest BCUT2D eigenvalue weighted by Gasteiger charge is 2.31. The van der Waals surface area contributed by atoms with E-state index in [0.717, 1.165) is 74.1 Å². The average Bonchev–Trinajstić information content (AvgIpc) is 3.70. The molecule has 15 nitrogen and oxygen atoms in total. The zero-order valence-corrected chi connectivity index (χ0v) is 35.0. The smallest absolute Gasteiger partial charge is 0.295 e. The van der Waals surface area contributed by atoms with E-state index in [9.17, 15) is 23.3 Å². The number of amides is 1. The molecule has 314 valence electrons. The number of sulfonamides is 1. The number of benzene rings is 3. The van der Waals surface area contributed by atoms with Crippen molar-refractivity contribution in [2.75, 3.05) is 69.4 Å². The highest BCUT2D eigenvalue weighted by Crippen LogP contribution is 2.43. The number of allylic oxidation sites excluding steroid dienone is 1. The molecule has 0 bridgehead atoms. The lowest BCUT2D eigenvalue weighted by Crippen LogP contribution is -2.47. The second-order valence-corrected chi connectivity index (χ2v) is 18.3. The van der Waals surface area contributed by atoms with E-state index in [1.807, 2.05) is 18.2 Å². The number of fused-ring (bicyclic) bond motifs is 1. The number of nitro groups is 1. The fourth-order valence-corrected chi connectivity index (χ4v) is 9.10. The Morgan fingerprint density at radius 2 is 1.77 bits per heavy atom. The molecule has 3 aliphatic rings. The number of aromatic amines is 1. The lowest BCUT2D eigenvalue weighted by Gasteiger charge is -2.39. The number of rotatable bonds is 12. The third-order valence-corrected chi connectivity index (χ3v) is 12.9. The summed E-state index contributed by atoms with van der Waals surface area (Å²) >= 11 is 6.23. The number of nitrogens with zero attached hydrogens (tertiary/aromatic N) is 5. The van der Waals surface area contributed by atoms with Crippen LogP contribution in [-0.4, -0.2) is 98.2 Å². The molecule has 2 aliphatic heterocycles. The first-order valence-corrected chi connectivity index (χ1v) is 21.8. The second kappa shape index (κ2) is 17.2. The molecule has 0 saturated carbocycles. The zero-order valence-electron chi connectivity index (χ0n) is 33.4. The van der Waals surface area contributed by atoms with Crippen LogP contribution < -0.4 is 19.8 Å². The molecule has 0 radical (unpaired) electrons. The summed E-state index contributed by atoms with van der Waals surface area (Å²) in [6, 6.07) is 20.3. The molecule has 60 heavy (non-hydrogen) atoms. The van der Waals surface area contributed by atoms with Crippen LogP contribution in [0.2, 0.25) is 5.02 Å². The van der Waals surface area contributed by atoms with Gasteiger partial charge in [-0.15, -0.1) is 0 Å². The number of H-pyrrole nitrogens is 1. The monoisotopic (exact) mass is 854 g/mol. The predicted molar refractivity (Wildman–Crippen MR) is 231 cm³/mol. The summed E-state index contributed by atoms with van der Waals surface area (Å²) in [6.07, 6.45) is 6.47. The van der Waals surface area contributed by atoms with Gasteiger partial charge in [-0.1, -0.05) is 43.2 Å². The molecule has 8 rings (SSSR count). The Bertz CT molecular complexity index is 2550. The average molecular weight is 855 g/mol. The minimum atomic E-state index is -4.57. The number of piperazine rings is 1. The van der Waals surface area contributed by atoms with Gasteiger partial charge in [-0.05, 0) is 84.3 Å². The number of halogens is 1. The molecule has 0 unspecified atom stereocenters. The quantitative estimate of drug-likeness (QED) is 0.0835. The summed E-state index contributed by atoms with van der Waals surface area (Å²) in [7, 11) is -4.57. The van der Waals surface area contributed by atoms with E-state index in [-0.39, 0.29) is 22.4 Å². The molecule has 3 aromatic carbocycles. The topological polar surface area (TPSA) is 175 Å². The van der Waals surface area contributed by atoms with Crippen molar-refractivity contribution in [2.24, 2.45) is 5.41 Å². The molecule has 5 aromatic rings. The minimum Gasteiger partial charge on any atom is -0.455 e. The first kappa shape index (κ1) is 41.2. The van der Waals surface area contributed by atoms with E-state index in [1.165, 1.54) is 41.1 Å². The third-order valence-electron chi connectivity index (χ3n) is 11.3. The molecular formula is C43H47ClN8O7S. The number of nitrogens with one attached hydrogen (secondary N) is 3. The number of carbonyl (C=O) groups is 1. The van der Waals surface area contributed by atoms with Crippen molar-refractivity contribution in [1.82, 2.24) is 24.6 Å². The molecule has 2 saturated heterocycles. The number of aromatic nitrogens is 2. The van der Waals surface area contributed by atoms with Crippen LogP contribution >= 0.6 is 11.6 Å². The van der Waals surface area contributed by atoms with Crippen molar-refractivity contribution in [1.29, 1.82) is 0 Å². The molecule has 4 heterocycles. The number of hydrogen-bond acceptors (Lipinski definition) is 12. The summed E-state index contributed by atoms with van der Waals surface area (Å²) in [5.41, 5.74) is 8.38. The van der Waals surface area contributed by atoms with Gasteiger partial charge in [0.05, 0.1) is 34.8 Å². The highest BCUT2D eigenvalue weighted by atomic mass is 35.5. The number of nitro benzene ring substituents is 1. The van der Waals surface area contributed by atoms with Crippen LogP contribution in [0.1, 0.15) is 49.0 Å². The predicted octanol–water partition coefficient (Wildman–Crippen LogP) is 7.48. The number of hydrazine groups is 1. The number of carbonyl (C=O) groups excluding carboxylic acids is 1. The first-order valence-electron chi connectivity index (χ1n) is 19.9. The number of ether oxygens (including phenoxy) is 2. The fraction of sp³-hybridized carbons (Fsp3) is 0.349. The zero-order chi connectivity index (χ0) is 42.0. The number of morpholine rings is 1. The van der Waals surface area contributed by atoms with Crippen LogP contribution in [0, 0.1) is 15.5 Å². The van der Waals surface area contributed by atoms with Gasteiger partial charge in [-0.3, -0.25) is 19.8 Å². The van der Waals surface area contributed by atoms with E-state index in [4.69, 9.17) is 21.1 Å². The summed E-state index contributed by atoms with van der Waals surface area (Å²) in [5.74, 6) is -0.492. The van der Waals surface area contributed by atoms with E-state index in [1.54, 1.807) is 29.4 Å². The van der Waals surface area contributed by atoms with Gasteiger partial charge in [0.25, 0.3) is 21.6 Å². The molecule has 2 fully saturated rings. The van der Waals surface area contributed by atoms with Gasteiger partial charge in [0.15, 0.2) is 0 Å². The van der Waals surface area contributed by atoms with Gasteiger partial charge in [0.1, 0.15) is 22.8 Å². The maximum absolute atomic E-state index is 13.9.